The second-order valence-corrected chi connectivity index (χ2v) is 7.48. The normalized spacial score (nSPS) is 21.1. The molecule has 1 amide bonds. The first-order valence-corrected chi connectivity index (χ1v) is 9.67. The first-order chi connectivity index (χ1) is 13.9. The van der Waals surface area contributed by atoms with Gasteiger partial charge in [-0.1, -0.05) is 0 Å². The van der Waals surface area contributed by atoms with Crippen molar-refractivity contribution in [2.24, 2.45) is 0 Å². The number of carboxylic acid groups (broad SMARTS) is 1. The Labute approximate surface area is 168 Å². The molecule has 3 heterocycles. The second kappa shape index (κ2) is 7.44. The maximum absolute atomic E-state index is 13.2. The lowest BCUT2D eigenvalue weighted by molar-refractivity contribution is -0.145. The van der Waals surface area contributed by atoms with Gasteiger partial charge >= 0.3 is 5.97 Å². The van der Waals surface area contributed by atoms with Crippen LogP contribution < -0.4 is 9.47 Å². The van der Waals surface area contributed by atoms with Gasteiger partial charge in [-0.25, -0.2) is 4.79 Å². The van der Waals surface area contributed by atoms with E-state index in [1.807, 2.05) is 36.6 Å². The summed E-state index contributed by atoms with van der Waals surface area (Å²) in [6.45, 7) is 4.95. The van der Waals surface area contributed by atoms with Gasteiger partial charge < -0.3 is 29.2 Å². The fraction of sp³-hybridized carbons (Fsp3) is 0.429. The van der Waals surface area contributed by atoms with Crippen LogP contribution in [0.15, 0.2) is 24.3 Å². The summed E-state index contributed by atoms with van der Waals surface area (Å²) in [6, 6.07) is 6.37. The summed E-state index contributed by atoms with van der Waals surface area (Å²) in [5, 5.41) is 19.3. The van der Waals surface area contributed by atoms with Crippen LogP contribution in [0.2, 0.25) is 0 Å². The van der Waals surface area contributed by atoms with Gasteiger partial charge in [-0.15, -0.1) is 0 Å². The van der Waals surface area contributed by atoms with Crippen LogP contribution in [0.5, 0.6) is 11.5 Å². The van der Waals surface area contributed by atoms with Gasteiger partial charge in [0.2, 0.25) is 0 Å². The highest BCUT2D eigenvalue weighted by molar-refractivity contribution is 5.98. The number of aryl methyl sites for hydroxylation is 1. The van der Waals surface area contributed by atoms with Crippen LogP contribution in [0.3, 0.4) is 0 Å². The highest BCUT2D eigenvalue weighted by Gasteiger charge is 2.37. The van der Waals surface area contributed by atoms with E-state index in [2.05, 4.69) is 0 Å². The quantitative estimate of drug-likeness (QED) is 0.816. The molecule has 8 nitrogen and oxygen atoms in total. The van der Waals surface area contributed by atoms with Crippen molar-refractivity contribution >= 4 is 11.9 Å². The van der Waals surface area contributed by atoms with Crippen LogP contribution in [0.4, 0.5) is 0 Å². The number of ether oxygens (including phenoxy) is 2. The molecule has 0 saturated carbocycles. The number of hydrogen-bond donors (Lipinski definition) is 2. The average Bonchev–Trinajstić information content (AvgIpc) is 3.01. The van der Waals surface area contributed by atoms with Gasteiger partial charge in [0.25, 0.3) is 5.91 Å². The molecule has 4 rings (SSSR count). The summed E-state index contributed by atoms with van der Waals surface area (Å²) in [4.78, 5) is 26.2. The van der Waals surface area contributed by atoms with E-state index in [0.29, 0.717) is 36.7 Å². The monoisotopic (exact) mass is 400 g/mol. The van der Waals surface area contributed by atoms with E-state index in [4.69, 9.17) is 9.47 Å². The highest BCUT2D eigenvalue weighted by atomic mass is 16.6. The Bertz CT molecular complexity index is 966. The maximum atomic E-state index is 13.2. The van der Waals surface area contributed by atoms with Crippen molar-refractivity contribution in [1.82, 2.24) is 9.47 Å². The zero-order valence-corrected chi connectivity index (χ0v) is 16.4. The predicted molar refractivity (Wildman–Crippen MR) is 104 cm³/mol. The van der Waals surface area contributed by atoms with E-state index in [9.17, 15) is 19.8 Å². The van der Waals surface area contributed by atoms with Gasteiger partial charge in [0, 0.05) is 36.1 Å². The number of amides is 1. The number of benzene rings is 1. The molecule has 2 aliphatic rings. The number of aliphatic carboxylic acids is 1. The van der Waals surface area contributed by atoms with E-state index in [1.165, 1.54) is 4.90 Å². The SMILES string of the molecule is Cc1cc(C(=O)N2CC[C@@H](O)C[C@@H]2C(=O)O)c(C)n1-c1ccc2c(c1)OCCO2. The molecule has 1 fully saturated rings. The lowest BCUT2D eigenvalue weighted by Crippen LogP contribution is -2.51. The molecule has 8 heteroatoms. The molecule has 0 spiro atoms. The summed E-state index contributed by atoms with van der Waals surface area (Å²) in [7, 11) is 0. The molecule has 1 aromatic heterocycles. The first-order valence-electron chi connectivity index (χ1n) is 9.67. The molecule has 0 unspecified atom stereocenters. The minimum atomic E-state index is -1.10. The number of hydrogen-bond acceptors (Lipinski definition) is 5. The minimum absolute atomic E-state index is 0.0436. The number of carbonyl (C=O) groups is 2. The molecule has 2 aromatic rings. The number of aromatic nitrogens is 1. The summed E-state index contributed by atoms with van der Waals surface area (Å²) >= 11 is 0. The summed E-state index contributed by atoms with van der Waals surface area (Å²) in [5.41, 5.74) is 2.87. The molecular formula is C21H24N2O6. The smallest absolute Gasteiger partial charge is 0.326 e. The highest BCUT2D eigenvalue weighted by Crippen LogP contribution is 2.34. The van der Waals surface area contributed by atoms with Crippen molar-refractivity contribution in [3.05, 3.63) is 41.2 Å². The van der Waals surface area contributed by atoms with Gasteiger partial charge in [-0.2, -0.15) is 0 Å². The van der Waals surface area contributed by atoms with Gasteiger partial charge in [0.05, 0.1) is 11.7 Å². The Kier molecular flexibility index (Phi) is 4.96. The van der Waals surface area contributed by atoms with E-state index in [-0.39, 0.29) is 18.9 Å². The Balaban J connectivity index is 1.68. The fourth-order valence-electron chi connectivity index (χ4n) is 4.13. The van der Waals surface area contributed by atoms with Crippen molar-refractivity contribution in [2.45, 2.75) is 38.8 Å². The van der Waals surface area contributed by atoms with Crippen molar-refractivity contribution in [2.75, 3.05) is 19.8 Å². The molecular weight excluding hydrogens is 376 g/mol. The minimum Gasteiger partial charge on any atom is -0.486 e. The topological polar surface area (TPSA) is 101 Å². The fourth-order valence-corrected chi connectivity index (χ4v) is 4.13. The van der Waals surface area contributed by atoms with E-state index >= 15 is 0 Å². The predicted octanol–water partition coefficient (Wildman–Crippen LogP) is 1.92. The van der Waals surface area contributed by atoms with Crippen LogP contribution >= 0.6 is 0 Å². The number of piperidine rings is 1. The van der Waals surface area contributed by atoms with Crippen LogP contribution in [0, 0.1) is 13.8 Å². The average molecular weight is 400 g/mol. The van der Waals surface area contributed by atoms with Crippen molar-refractivity contribution in [1.29, 1.82) is 0 Å². The Morgan fingerprint density at radius 1 is 1.10 bits per heavy atom. The zero-order chi connectivity index (χ0) is 20.7. The number of rotatable bonds is 3. The van der Waals surface area contributed by atoms with Crippen LogP contribution in [-0.4, -0.2) is 63.5 Å². The molecule has 0 aliphatic carbocycles. The number of nitrogens with zero attached hydrogens (tertiary/aromatic N) is 2. The third-order valence-electron chi connectivity index (χ3n) is 5.57. The van der Waals surface area contributed by atoms with Gasteiger partial charge in [-0.3, -0.25) is 4.79 Å². The molecule has 1 saturated heterocycles. The number of likely N-dealkylation sites (tertiary alicyclic amines) is 1. The number of aliphatic hydroxyl groups excluding tert-OH is 1. The molecule has 2 aliphatic heterocycles. The Hall–Kier alpha value is -3.00. The van der Waals surface area contributed by atoms with E-state index in [0.717, 1.165) is 17.1 Å². The third kappa shape index (κ3) is 3.44. The van der Waals surface area contributed by atoms with E-state index in [1.54, 1.807) is 6.07 Å². The van der Waals surface area contributed by atoms with Gasteiger partial charge in [-0.05, 0) is 38.5 Å². The molecule has 0 radical (unpaired) electrons. The standard InChI is InChI=1S/C21H24N2O6/c1-12-9-16(20(25)22-6-5-15(24)11-17(22)21(26)27)13(2)23(12)14-3-4-18-19(10-14)29-8-7-28-18/h3-4,9-10,15,17,24H,5-8,11H2,1-2H3,(H,26,27)/t15-,17-/m1/s1. The van der Waals surface area contributed by atoms with Crippen LogP contribution in [-0.2, 0) is 4.79 Å². The molecule has 2 atom stereocenters. The Morgan fingerprint density at radius 2 is 1.83 bits per heavy atom. The molecule has 29 heavy (non-hydrogen) atoms. The maximum Gasteiger partial charge on any atom is 0.326 e. The first kappa shape index (κ1) is 19.3. The van der Waals surface area contributed by atoms with Gasteiger partial charge in [0.15, 0.2) is 11.5 Å². The van der Waals surface area contributed by atoms with E-state index < -0.39 is 18.1 Å². The molecule has 154 valence electrons. The molecule has 0 bridgehead atoms. The molecule has 2 N–H and O–H groups in total. The van der Waals surface area contributed by atoms with Crippen molar-refractivity contribution < 1.29 is 29.3 Å². The Morgan fingerprint density at radius 3 is 2.55 bits per heavy atom. The summed E-state index contributed by atoms with van der Waals surface area (Å²) < 4.78 is 13.2. The van der Waals surface area contributed by atoms with Crippen LogP contribution in [0.1, 0.15) is 34.6 Å². The largest absolute Gasteiger partial charge is 0.486 e. The lowest BCUT2D eigenvalue weighted by atomic mass is 9.98. The summed E-state index contributed by atoms with van der Waals surface area (Å²) in [6.07, 6.45) is -0.288. The zero-order valence-electron chi connectivity index (χ0n) is 16.4. The van der Waals surface area contributed by atoms with Crippen LogP contribution in [0.25, 0.3) is 5.69 Å². The second-order valence-electron chi connectivity index (χ2n) is 7.48. The number of carboxylic acids is 1. The van der Waals surface area contributed by atoms with Crippen molar-refractivity contribution in [3.8, 4) is 17.2 Å². The lowest BCUT2D eigenvalue weighted by Gasteiger charge is -2.35. The number of aliphatic hydroxyl groups is 1. The molecule has 1 aromatic carbocycles. The van der Waals surface area contributed by atoms with Gasteiger partial charge in [0.1, 0.15) is 19.3 Å². The number of carbonyl (C=O) groups excluding carboxylic acids is 1. The number of fused-ring (bicyclic) bond motifs is 1. The summed E-state index contributed by atoms with van der Waals surface area (Å²) in [5.74, 6) is -0.0843. The van der Waals surface area contributed by atoms with Crippen molar-refractivity contribution in [3.63, 3.8) is 0 Å². The third-order valence-corrected chi connectivity index (χ3v) is 5.57.